The maximum absolute atomic E-state index is 6.00. The van der Waals surface area contributed by atoms with Crippen LogP contribution in [0.4, 0.5) is 0 Å². The Morgan fingerprint density at radius 1 is 0.415 bits per heavy atom. The summed E-state index contributed by atoms with van der Waals surface area (Å²) < 4.78 is 8.38. The maximum Gasteiger partial charge on any atom is 0.135 e. The Kier molecular flexibility index (Phi) is 9.17. The molecule has 0 radical (unpaired) electrons. The first-order chi connectivity index (χ1) is 31.9. The molecule has 0 amide bonds. The van der Waals surface area contributed by atoms with E-state index in [9.17, 15) is 0 Å². The molecule has 0 spiro atoms. The summed E-state index contributed by atoms with van der Waals surface area (Å²) in [5.41, 5.74) is 20.2. The van der Waals surface area contributed by atoms with Gasteiger partial charge in [-0.25, -0.2) is 0 Å². The topological polar surface area (TPSA) is 18.1 Å². The van der Waals surface area contributed by atoms with Crippen molar-refractivity contribution in [3.63, 3.8) is 0 Å². The summed E-state index contributed by atoms with van der Waals surface area (Å²) in [6.45, 7) is 6.82. The highest BCUT2D eigenvalue weighted by molar-refractivity contribution is 6.22. The molecule has 0 unspecified atom stereocenters. The van der Waals surface area contributed by atoms with Crippen LogP contribution in [0.15, 0.2) is 223 Å². The molecule has 1 aliphatic rings. The van der Waals surface area contributed by atoms with E-state index in [1.54, 1.807) is 0 Å². The fraction of sp³-hybridized carbons (Fsp3) is 0.0794. The second-order valence-electron chi connectivity index (χ2n) is 18.2. The van der Waals surface area contributed by atoms with Gasteiger partial charge in [-0.05, 0) is 128 Å². The lowest BCUT2D eigenvalue weighted by Gasteiger charge is -2.22. The van der Waals surface area contributed by atoms with Crippen LogP contribution in [0.3, 0.4) is 0 Å². The van der Waals surface area contributed by atoms with Gasteiger partial charge < -0.3 is 8.98 Å². The largest absolute Gasteiger partial charge is 0.456 e. The highest BCUT2D eigenvalue weighted by Gasteiger charge is 2.35. The molecular formula is C63H47NO. The van der Waals surface area contributed by atoms with Crippen LogP contribution in [0, 0.1) is 6.92 Å². The first kappa shape index (κ1) is 38.7. The molecule has 13 rings (SSSR count). The third kappa shape index (κ3) is 6.64. The molecular weight excluding hydrogens is 787 g/mol. The lowest BCUT2D eigenvalue weighted by molar-refractivity contribution is 0.659. The molecule has 1 aliphatic carbocycles. The van der Waals surface area contributed by atoms with E-state index in [4.69, 9.17) is 4.42 Å². The average Bonchev–Trinajstić information content (AvgIpc) is 3.97. The number of benzene rings is 10. The molecule has 310 valence electrons. The summed E-state index contributed by atoms with van der Waals surface area (Å²) in [6.07, 6.45) is 0.936. The summed E-state index contributed by atoms with van der Waals surface area (Å²) >= 11 is 0. The molecule has 0 saturated heterocycles. The third-order valence-electron chi connectivity index (χ3n) is 13.8. The number of fused-ring (bicyclic) bond motifs is 11. The maximum atomic E-state index is 6.00. The molecule has 0 N–H and O–H groups in total. The van der Waals surface area contributed by atoms with Crippen molar-refractivity contribution in [2.24, 2.45) is 0 Å². The number of furan rings is 1. The van der Waals surface area contributed by atoms with Crippen molar-refractivity contribution >= 4 is 54.5 Å². The van der Waals surface area contributed by atoms with Crippen LogP contribution < -0.4 is 0 Å². The predicted molar refractivity (Wildman–Crippen MR) is 274 cm³/mol. The second kappa shape index (κ2) is 15.4. The molecule has 2 nitrogen and oxygen atoms in total. The van der Waals surface area contributed by atoms with E-state index in [0.29, 0.717) is 0 Å². The summed E-state index contributed by atoms with van der Waals surface area (Å²) in [7, 11) is 0. The number of rotatable bonds is 5. The van der Waals surface area contributed by atoms with Crippen molar-refractivity contribution in [3.8, 4) is 39.1 Å². The zero-order valence-corrected chi connectivity index (χ0v) is 36.8. The van der Waals surface area contributed by atoms with Gasteiger partial charge in [0.05, 0.1) is 11.0 Å². The second-order valence-corrected chi connectivity index (χ2v) is 18.2. The van der Waals surface area contributed by atoms with Crippen LogP contribution in [0.25, 0.3) is 93.6 Å². The minimum absolute atomic E-state index is 0.0433. The summed E-state index contributed by atoms with van der Waals surface area (Å²) in [4.78, 5) is 0. The Hall–Kier alpha value is -7.94. The lowest BCUT2D eigenvalue weighted by atomic mass is 9.81. The quantitative estimate of drug-likeness (QED) is 0.169. The zero-order valence-electron chi connectivity index (χ0n) is 36.8. The summed E-state index contributed by atoms with van der Waals surface area (Å²) in [6, 6.07) is 79.1. The number of aryl methyl sites for hydroxylation is 1. The zero-order chi connectivity index (χ0) is 43.6. The molecule has 0 aliphatic heterocycles. The fourth-order valence-electron chi connectivity index (χ4n) is 10.4. The Bertz CT molecular complexity index is 3750. The number of para-hydroxylation sites is 2. The fourth-order valence-corrected chi connectivity index (χ4v) is 10.4. The SMILES string of the molecule is CC1(C)c2ccccc2-c2ccc(Cc3ccc(-c4ccc5oc6ccccc6c5c4)cc3)cc21.Cc1ccc(-c2ccc3c(c2)c2c4ccccc4ccc2n3-c2ccccc2)cc1. The molecule has 12 aromatic rings. The summed E-state index contributed by atoms with van der Waals surface area (Å²) in [5, 5.41) is 7.53. The van der Waals surface area contributed by atoms with Gasteiger partial charge in [0.2, 0.25) is 0 Å². The van der Waals surface area contributed by atoms with Gasteiger partial charge >= 0.3 is 0 Å². The third-order valence-corrected chi connectivity index (χ3v) is 13.8. The van der Waals surface area contributed by atoms with Crippen LogP contribution in [0.5, 0.6) is 0 Å². The molecule has 2 heterocycles. The number of nitrogens with zero attached hydrogens (tertiary/aromatic N) is 1. The Labute approximate surface area is 379 Å². The smallest absolute Gasteiger partial charge is 0.135 e. The Balaban J connectivity index is 0.000000138. The molecule has 2 heteroatoms. The number of hydrogen-bond acceptors (Lipinski definition) is 1. The van der Waals surface area contributed by atoms with Gasteiger partial charge in [0, 0.05) is 32.6 Å². The number of aromatic nitrogens is 1. The first-order valence-electron chi connectivity index (χ1n) is 22.7. The Morgan fingerprint density at radius 3 is 1.83 bits per heavy atom. The normalized spacial score (nSPS) is 12.7. The van der Waals surface area contributed by atoms with E-state index >= 15 is 0 Å². The highest BCUT2D eigenvalue weighted by Crippen LogP contribution is 2.49. The standard InChI is InChI=1S/C34H26O.C29H21N/c1-34(2)30-9-5-3-7-26(30)27-17-13-23(20-31(27)34)19-22-11-14-24(15-12-22)25-16-18-33-29(21-25)28-8-4-6-10-32(28)35-33;1-20-11-13-21(14-12-20)23-16-17-27-26(19-23)29-25-10-6-5-7-22(25)15-18-28(29)30(27)24-8-3-2-4-9-24/h3-18,20-21H,19H2,1-2H3;2-19H,1H3. The monoisotopic (exact) mass is 833 g/mol. The van der Waals surface area contributed by atoms with Crippen LogP contribution in [-0.4, -0.2) is 4.57 Å². The minimum Gasteiger partial charge on any atom is -0.456 e. The molecule has 0 saturated carbocycles. The Morgan fingerprint density at radius 2 is 1.02 bits per heavy atom. The van der Waals surface area contributed by atoms with Gasteiger partial charge in [0.25, 0.3) is 0 Å². The minimum atomic E-state index is 0.0433. The molecule has 65 heavy (non-hydrogen) atoms. The number of hydrogen-bond donors (Lipinski definition) is 0. The van der Waals surface area contributed by atoms with Crippen LogP contribution >= 0.6 is 0 Å². The average molecular weight is 834 g/mol. The van der Waals surface area contributed by atoms with Gasteiger partial charge in [-0.1, -0.05) is 189 Å². The molecule has 10 aromatic carbocycles. The van der Waals surface area contributed by atoms with E-state index in [0.717, 1.165) is 17.6 Å². The van der Waals surface area contributed by atoms with E-state index in [2.05, 4.69) is 232 Å². The molecule has 0 atom stereocenters. The van der Waals surface area contributed by atoms with Gasteiger partial charge in [0.15, 0.2) is 0 Å². The van der Waals surface area contributed by atoms with Crippen molar-refractivity contribution in [1.82, 2.24) is 4.57 Å². The van der Waals surface area contributed by atoms with Crippen molar-refractivity contribution < 1.29 is 4.42 Å². The molecule has 0 fully saturated rings. The van der Waals surface area contributed by atoms with Crippen LogP contribution in [0.1, 0.15) is 41.7 Å². The lowest BCUT2D eigenvalue weighted by Crippen LogP contribution is -2.15. The molecule has 2 aromatic heterocycles. The highest BCUT2D eigenvalue weighted by atomic mass is 16.3. The molecule has 0 bridgehead atoms. The van der Waals surface area contributed by atoms with Gasteiger partial charge in [-0.3, -0.25) is 0 Å². The van der Waals surface area contributed by atoms with E-state index in [-0.39, 0.29) is 5.41 Å². The van der Waals surface area contributed by atoms with E-state index in [1.807, 2.05) is 12.1 Å². The van der Waals surface area contributed by atoms with Gasteiger partial charge in [-0.15, -0.1) is 0 Å². The summed E-state index contributed by atoms with van der Waals surface area (Å²) in [5.74, 6) is 0. The van der Waals surface area contributed by atoms with Crippen molar-refractivity contribution in [2.45, 2.75) is 32.6 Å². The first-order valence-corrected chi connectivity index (χ1v) is 22.7. The van der Waals surface area contributed by atoms with Crippen molar-refractivity contribution in [1.29, 1.82) is 0 Å². The van der Waals surface area contributed by atoms with Crippen LogP contribution in [0.2, 0.25) is 0 Å². The van der Waals surface area contributed by atoms with Gasteiger partial charge in [-0.2, -0.15) is 0 Å². The predicted octanol–water partition coefficient (Wildman–Crippen LogP) is 17.1. The van der Waals surface area contributed by atoms with E-state index < -0.39 is 0 Å². The van der Waals surface area contributed by atoms with Gasteiger partial charge in [0.1, 0.15) is 11.2 Å². The van der Waals surface area contributed by atoms with Crippen molar-refractivity contribution in [2.75, 3.05) is 0 Å². The van der Waals surface area contributed by atoms with Crippen LogP contribution in [-0.2, 0) is 11.8 Å². The van der Waals surface area contributed by atoms with E-state index in [1.165, 1.54) is 110 Å². The van der Waals surface area contributed by atoms with Crippen molar-refractivity contribution in [3.05, 3.63) is 246 Å².